The Bertz CT molecular complexity index is 962. The summed E-state index contributed by atoms with van der Waals surface area (Å²) >= 11 is 0.521. The average molecular weight is 429 g/mol. The fourth-order valence-electron chi connectivity index (χ4n) is 3.05. The molecule has 0 bridgehead atoms. The molecule has 1 amide bonds. The molecule has 0 aliphatic rings. The van der Waals surface area contributed by atoms with Crippen LogP contribution in [0.4, 0.5) is 20.2 Å². The molecule has 0 aromatic heterocycles. The Hall–Kier alpha value is -3.06. The molecular formula is C23H22F2N2O2S. The van der Waals surface area contributed by atoms with Gasteiger partial charge in [-0.2, -0.15) is 8.78 Å². The van der Waals surface area contributed by atoms with Gasteiger partial charge in [0.2, 0.25) is 5.91 Å². The molecule has 156 valence electrons. The van der Waals surface area contributed by atoms with E-state index in [0.29, 0.717) is 23.2 Å². The van der Waals surface area contributed by atoms with Gasteiger partial charge < -0.3 is 15.4 Å². The number of nitrogens with zero attached hydrogens (tertiary/aromatic N) is 1. The van der Waals surface area contributed by atoms with Crippen LogP contribution in [-0.2, 0) is 17.8 Å². The second-order valence-corrected chi connectivity index (χ2v) is 7.68. The largest absolute Gasteiger partial charge is 0.497 e. The summed E-state index contributed by atoms with van der Waals surface area (Å²) in [5.41, 5.74) is 8.94. The first-order chi connectivity index (χ1) is 14.4. The minimum absolute atomic E-state index is 0.179. The van der Waals surface area contributed by atoms with Crippen molar-refractivity contribution in [2.75, 3.05) is 12.0 Å². The Labute approximate surface area is 178 Å². The maximum Gasteiger partial charge on any atom is 0.288 e. The van der Waals surface area contributed by atoms with Crippen LogP contribution in [0.3, 0.4) is 0 Å². The van der Waals surface area contributed by atoms with Crippen molar-refractivity contribution in [2.24, 2.45) is 5.73 Å². The van der Waals surface area contributed by atoms with Crippen LogP contribution in [0.15, 0.2) is 77.7 Å². The lowest BCUT2D eigenvalue weighted by Gasteiger charge is -2.26. The molecule has 0 saturated heterocycles. The summed E-state index contributed by atoms with van der Waals surface area (Å²) in [4.78, 5) is 13.7. The molecule has 7 heteroatoms. The quantitative estimate of drug-likeness (QED) is 0.465. The highest BCUT2D eigenvalue weighted by atomic mass is 32.2. The number of hydrogen-bond acceptors (Lipinski definition) is 4. The van der Waals surface area contributed by atoms with Crippen molar-refractivity contribution in [3.05, 3.63) is 83.9 Å². The molecule has 0 aliphatic carbocycles. The van der Waals surface area contributed by atoms with Gasteiger partial charge in [-0.15, -0.1) is 0 Å². The number of amides is 1. The number of thioether (sulfide) groups is 1. The Morgan fingerprint density at radius 3 is 1.97 bits per heavy atom. The molecule has 0 radical (unpaired) electrons. The van der Waals surface area contributed by atoms with E-state index in [9.17, 15) is 13.6 Å². The van der Waals surface area contributed by atoms with E-state index in [4.69, 9.17) is 10.5 Å². The lowest BCUT2D eigenvalue weighted by Crippen LogP contribution is -2.17. The highest BCUT2D eigenvalue weighted by molar-refractivity contribution is 7.99. The van der Waals surface area contributed by atoms with Gasteiger partial charge in [0.1, 0.15) is 5.75 Å². The molecule has 0 aliphatic heterocycles. The molecule has 3 aromatic rings. The van der Waals surface area contributed by atoms with E-state index in [1.807, 2.05) is 60.7 Å². The molecule has 0 fully saturated rings. The molecule has 0 atom stereocenters. The number of carbonyl (C=O) groups is 1. The van der Waals surface area contributed by atoms with Crippen molar-refractivity contribution in [1.82, 2.24) is 0 Å². The van der Waals surface area contributed by atoms with Gasteiger partial charge in [-0.3, -0.25) is 4.79 Å². The number of halogens is 2. The van der Waals surface area contributed by atoms with Crippen molar-refractivity contribution >= 4 is 29.0 Å². The van der Waals surface area contributed by atoms with Crippen LogP contribution in [0.5, 0.6) is 5.75 Å². The zero-order chi connectivity index (χ0) is 21.5. The van der Waals surface area contributed by atoms with Crippen molar-refractivity contribution < 1.29 is 18.3 Å². The molecule has 3 rings (SSSR count). The number of primary amides is 1. The van der Waals surface area contributed by atoms with Crippen LogP contribution in [-0.4, -0.2) is 18.8 Å². The summed E-state index contributed by atoms with van der Waals surface area (Å²) in [5.74, 6) is -2.07. The number of alkyl halides is 2. The minimum Gasteiger partial charge on any atom is -0.497 e. The van der Waals surface area contributed by atoms with Crippen molar-refractivity contribution in [1.29, 1.82) is 0 Å². The van der Waals surface area contributed by atoms with Crippen molar-refractivity contribution in [2.45, 2.75) is 23.6 Å². The topological polar surface area (TPSA) is 55.6 Å². The van der Waals surface area contributed by atoms with Crippen LogP contribution < -0.4 is 15.4 Å². The third-order valence-electron chi connectivity index (χ3n) is 4.50. The Morgan fingerprint density at radius 2 is 1.47 bits per heavy atom. The van der Waals surface area contributed by atoms with Gasteiger partial charge in [-0.05, 0) is 59.7 Å². The van der Waals surface area contributed by atoms with Crippen LogP contribution in [0.25, 0.3) is 0 Å². The molecule has 30 heavy (non-hydrogen) atoms. The average Bonchev–Trinajstić information content (AvgIpc) is 2.73. The lowest BCUT2D eigenvalue weighted by molar-refractivity contribution is -0.117. The van der Waals surface area contributed by atoms with E-state index in [-0.39, 0.29) is 12.3 Å². The number of anilines is 2. The zero-order valence-electron chi connectivity index (χ0n) is 16.4. The molecule has 0 heterocycles. The second-order valence-electron chi connectivity index (χ2n) is 6.62. The monoisotopic (exact) mass is 428 g/mol. The van der Waals surface area contributed by atoms with E-state index in [1.54, 1.807) is 19.2 Å². The third-order valence-corrected chi connectivity index (χ3v) is 5.22. The van der Waals surface area contributed by atoms with E-state index in [1.165, 1.54) is 0 Å². The van der Waals surface area contributed by atoms with Crippen LogP contribution >= 0.6 is 11.8 Å². The molecule has 3 aromatic carbocycles. The van der Waals surface area contributed by atoms with Crippen molar-refractivity contribution in [3.63, 3.8) is 0 Å². The van der Waals surface area contributed by atoms with Gasteiger partial charge in [-0.1, -0.05) is 36.0 Å². The first-order valence-corrected chi connectivity index (χ1v) is 10.1. The van der Waals surface area contributed by atoms with Crippen LogP contribution in [0.1, 0.15) is 11.1 Å². The zero-order valence-corrected chi connectivity index (χ0v) is 17.2. The van der Waals surface area contributed by atoms with Gasteiger partial charge in [0.15, 0.2) is 0 Å². The number of carbonyl (C=O) groups excluding carboxylic acids is 1. The third kappa shape index (κ3) is 5.97. The van der Waals surface area contributed by atoms with Gasteiger partial charge in [0, 0.05) is 22.8 Å². The minimum atomic E-state index is -2.45. The van der Waals surface area contributed by atoms with Gasteiger partial charge in [0.05, 0.1) is 13.5 Å². The SMILES string of the molecule is COc1ccc(CN(c2ccc(CC(N)=O)cc2)c2ccc(SC(F)F)cc2)cc1. The number of methoxy groups -OCH3 is 1. The van der Waals surface area contributed by atoms with Gasteiger partial charge >= 0.3 is 0 Å². The summed E-state index contributed by atoms with van der Waals surface area (Å²) in [5, 5.41) is 0. The smallest absolute Gasteiger partial charge is 0.288 e. The normalized spacial score (nSPS) is 10.8. The Morgan fingerprint density at radius 1 is 0.933 bits per heavy atom. The molecule has 0 spiro atoms. The maximum absolute atomic E-state index is 12.6. The van der Waals surface area contributed by atoms with Crippen molar-refractivity contribution in [3.8, 4) is 5.75 Å². The number of hydrogen-bond donors (Lipinski definition) is 1. The lowest BCUT2D eigenvalue weighted by atomic mass is 10.1. The predicted octanol–water partition coefficient (Wildman–Crippen LogP) is 5.38. The fraction of sp³-hybridized carbons (Fsp3) is 0.174. The Kier molecular flexibility index (Phi) is 7.30. The van der Waals surface area contributed by atoms with Gasteiger partial charge in [-0.25, -0.2) is 0 Å². The Balaban J connectivity index is 1.90. The number of rotatable bonds is 9. The maximum atomic E-state index is 12.6. The number of benzene rings is 3. The standard InChI is InChI=1S/C23H22F2N2O2S/c1-29-20-10-4-17(5-11-20)15-27(18-6-2-16(3-7-18)14-22(26)28)19-8-12-21(13-9-19)30-23(24)25/h2-13,23H,14-15H2,1H3,(H2,26,28). The summed E-state index contributed by atoms with van der Waals surface area (Å²) in [7, 11) is 1.62. The van der Waals surface area contributed by atoms with E-state index >= 15 is 0 Å². The molecular weight excluding hydrogens is 406 g/mol. The summed E-state index contributed by atoms with van der Waals surface area (Å²) in [6, 6.07) is 22.3. The highest BCUT2D eigenvalue weighted by Gasteiger charge is 2.12. The van der Waals surface area contributed by atoms with E-state index in [0.717, 1.165) is 28.3 Å². The predicted molar refractivity (Wildman–Crippen MR) is 116 cm³/mol. The molecule has 0 saturated carbocycles. The van der Waals surface area contributed by atoms with Crippen LogP contribution in [0, 0.1) is 0 Å². The molecule has 4 nitrogen and oxygen atoms in total. The summed E-state index contributed by atoms with van der Waals surface area (Å²) < 4.78 is 30.5. The first-order valence-electron chi connectivity index (χ1n) is 9.27. The van der Waals surface area contributed by atoms with E-state index < -0.39 is 5.76 Å². The van der Waals surface area contributed by atoms with E-state index in [2.05, 4.69) is 4.90 Å². The number of ether oxygens (including phenoxy) is 1. The number of nitrogens with two attached hydrogens (primary N) is 1. The second kappa shape index (κ2) is 10.1. The summed E-state index contributed by atoms with van der Waals surface area (Å²) in [6.45, 7) is 0.570. The molecule has 2 N–H and O–H groups in total. The van der Waals surface area contributed by atoms with Crippen LogP contribution in [0.2, 0.25) is 0 Å². The van der Waals surface area contributed by atoms with Gasteiger partial charge in [0.25, 0.3) is 5.76 Å². The fourth-order valence-corrected chi connectivity index (χ4v) is 3.55. The first kappa shape index (κ1) is 21.6. The molecule has 0 unspecified atom stereocenters. The summed E-state index contributed by atoms with van der Waals surface area (Å²) in [6.07, 6.45) is 0.179. The highest BCUT2D eigenvalue weighted by Crippen LogP contribution is 2.32.